The van der Waals surface area contributed by atoms with Crippen molar-refractivity contribution in [3.8, 4) is 0 Å². The van der Waals surface area contributed by atoms with Crippen LogP contribution >= 0.6 is 0 Å². The first-order valence-electron chi connectivity index (χ1n) is 12.3. The number of amides is 2. The van der Waals surface area contributed by atoms with E-state index in [4.69, 9.17) is 5.73 Å². The van der Waals surface area contributed by atoms with Crippen molar-refractivity contribution < 1.29 is 18.0 Å². The second-order valence-electron chi connectivity index (χ2n) is 10.0. The smallest absolute Gasteiger partial charge is 0.248 e. The highest BCUT2D eigenvalue weighted by molar-refractivity contribution is 7.91. The molecule has 2 atom stereocenters. The maximum absolute atomic E-state index is 12.8. The van der Waals surface area contributed by atoms with Crippen molar-refractivity contribution in [2.45, 2.75) is 56.7 Å². The molecule has 2 aliphatic rings. The van der Waals surface area contributed by atoms with E-state index >= 15 is 0 Å². The number of sulfone groups is 1. The fourth-order valence-electron chi connectivity index (χ4n) is 5.71. The molecule has 188 valence electrons. The Morgan fingerprint density at radius 3 is 2.34 bits per heavy atom. The number of piperidine rings is 1. The summed E-state index contributed by atoms with van der Waals surface area (Å²) >= 11 is 0. The summed E-state index contributed by atoms with van der Waals surface area (Å²) in [6.07, 6.45) is 6.34. The van der Waals surface area contributed by atoms with Crippen molar-refractivity contribution in [1.29, 1.82) is 0 Å². The van der Waals surface area contributed by atoms with Gasteiger partial charge in [0.15, 0.2) is 9.84 Å². The number of hydrogen-bond acceptors (Lipinski definition) is 5. The van der Waals surface area contributed by atoms with Gasteiger partial charge >= 0.3 is 0 Å². The summed E-state index contributed by atoms with van der Waals surface area (Å²) in [6.45, 7) is 1.84. The van der Waals surface area contributed by atoms with E-state index in [1.165, 1.54) is 5.56 Å². The largest absolute Gasteiger partial charge is 0.366 e. The molecule has 7 nitrogen and oxygen atoms in total. The average Bonchev–Trinajstić information content (AvgIpc) is 3.04. The molecular formula is C27H35N3O4S. The van der Waals surface area contributed by atoms with Crippen LogP contribution in [0.15, 0.2) is 54.6 Å². The first kappa shape index (κ1) is 25.4. The lowest BCUT2D eigenvalue weighted by Gasteiger charge is -2.39. The third kappa shape index (κ3) is 6.70. The van der Waals surface area contributed by atoms with Crippen LogP contribution in [-0.4, -0.2) is 67.2 Å². The normalized spacial score (nSPS) is 22.1. The standard InChI is InChI=1S/C27H35N3O4S/c1-35(33,34)19-26(31)29(18-20-7-3-2-4-8-20)13-6-14-30-24-11-12-25(30)17-23(16-24)21-9-5-10-22(15-21)27(28)32/h2-5,7-10,15,23-25H,6,11-14,16-19H2,1H3,(H2,28,32). The van der Waals surface area contributed by atoms with Crippen LogP contribution in [0.3, 0.4) is 0 Å². The molecule has 2 amide bonds. The van der Waals surface area contributed by atoms with Crippen LogP contribution in [0.2, 0.25) is 0 Å². The Morgan fingerprint density at radius 1 is 1.03 bits per heavy atom. The maximum atomic E-state index is 12.8. The average molecular weight is 498 g/mol. The van der Waals surface area contributed by atoms with E-state index in [-0.39, 0.29) is 5.91 Å². The molecule has 0 radical (unpaired) electrons. The summed E-state index contributed by atoms with van der Waals surface area (Å²) in [4.78, 5) is 28.6. The molecule has 2 N–H and O–H groups in total. The van der Waals surface area contributed by atoms with Crippen molar-refractivity contribution in [3.63, 3.8) is 0 Å². The van der Waals surface area contributed by atoms with E-state index in [9.17, 15) is 18.0 Å². The highest BCUT2D eigenvalue weighted by atomic mass is 32.2. The van der Waals surface area contributed by atoms with Gasteiger partial charge in [0.05, 0.1) is 0 Å². The molecule has 0 aromatic heterocycles. The number of nitrogens with two attached hydrogens (primary N) is 1. The van der Waals surface area contributed by atoms with Crippen molar-refractivity contribution in [2.75, 3.05) is 25.1 Å². The van der Waals surface area contributed by atoms with Gasteiger partial charge < -0.3 is 10.6 Å². The summed E-state index contributed by atoms with van der Waals surface area (Å²) in [6, 6.07) is 18.4. The lowest BCUT2D eigenvalue weighted by atomic mass is 9.84. The van der Waals surface area contributed by atoms with Crippen LogP contribution in [0.5, 0.6) is 0 Å². The second-order valence-corrected chi connectivity index (χ2v) is 12.1. The van der Waals surface area contributed by atoms with Crippen LogP contribution in [-0.2, 0) is 21.2 Å². The summed E-state index contributed by atoms with van der Waals surface area (Å²) in [5.74, 6) is -0.764. The van der Waals surface area contributed by atoms with E-state index in [0.29, 0.717) is 36.7 Å². The minimum absolute atomic E-state index is 0.340. The fraction of sp³-hybridized carbons (Fsp3) is 0.481. The third-order valence-electron chi connectivity index (χ3n) is 7.33. The van der Waals surface area contributed by atoms with Gasteiger partial charge in [-0.25, -0.2) is 8.42 Å². The maximum Gasteiger partial charge on any atom is 0.248 e. The van der Waals surface area contributed by atoms with Crippen LogP contribution < -0.4 is 5.73 Å². The molecule has 2 heterocycles. The Kier molecular flexibility index (Phi) is 7.91. The van der Waals surface area contributed by atoms with Crippen LogP contribution in [0.25, 0.3) is 0 Å². The molecule has 0 aliphatic carbocycles. The van der Waals surface area contributed by atoms with Crippen molar-refractivity contribution >= 4 is 21.7 Å². The van der Waals surface area contributed by atoms with E-state index < -0.39 is 21.5 Å². The quantitative estimate of drug-likeness (QED) is 0.544. The second kappa shape index (κ2) is 10.9. The number of rotatable bonds is 10. The van der Waals surface area contributed by atoms with Gasteiger partial charge in [-0.1, -0.05) is 42.5 Å². The molecule has 2 saturated heterocycles. The van der Waals surface area contributed by atoms with Crippen molar-refractivity contribution in [3.05, 3.63) is 71.3 Å². The van der Waals surface area contributed by atoms with Gasteiger partial charge in [0, 0.05) is 43.5 Å². The van der Waals surface area contributed by atoms with Gasteiger partial charge in [-0.3, -0.25) is 14.5 Å². The third-order valence-corrected chi connectivity index (χ3v) is 8.10. The monoisotopic (exact) mass is 497 g/mol. The number of primary amides is 1. The van der Waals surface area contributed by atoms with E-state index in [1.807, 2.05) is 42.5 Å². The Balaban J connectivity index is 1.36. The van der Waals surface area contributed by atoms with Gasteiger partial charge in [-0.05, 0) is 61.3 Å². The highest BCUT2D eigenvalue weighted by Gasteiger charge is 2.40. The molecule has 0 saturated carbocycles. The number of benzene rings is 2. The molecule has 2 unspecified atom stereocenters. The number of hydrogen-bond donors (Lipinski definition) is 1. The van der Waals surface area contributed by atoms with Gasteiger partial charge in [-0.2, -0.15) is 0 Å². The molecule has 35 heavy (non-hydrogen) atoms. The number of nitrogens with zero attached hydrogens (tertiary/aromatic N) is 2. The molecule has 2 aromatic rings. The van der Waals surface area contributed by atoms with Crippen molar-refractivity contribution in [1.82, 2.24) is 9.80 Å². The van der Waals surface area contributed by atoms with E-state index in [2.05, 4.69) is 11.0 Å². The Bertz CT molecular complexity index is 1140. The predicted octanol–water partition coefficient (Wildman–Crippen LogP) is 2.96. The molecule has 8 heteroatoms. The number of carbonyl (C=O) groups excluding carboxylic acids is 2. The first-order valence-corrected chi connectivity index (χ1v) is 14.4. The Morgan fingerprint density at radius 2 is 1.71 bits per heavy atom. The van der Waals surface area contributed by atoms with Crippen molar-refractivity contribution in [2.24, 2.45) is 5.73 Å². The van der Waals surface area contributed by atoms with Gasteiger partial charge in [0.25, 0.3) is 0 Å². The molecule has 2 fully saturated rings. The topological polar surface area (TPSA) is 101 Å². The summed E-state index contributed by atoms with van der Waals surface area (Å²) in [7, 11) is -3.39. The van der Waals surface area contributed by atoms with E-state index in [0.717, 1.165) is 50.5 Å². The molecule has 2 aliphatic heterocycles. The molecule has 2 aromatic carbocycles. The zero-order valence-electron chi connectivity index (χ0n) is 20.3. The van der Waals surface area contributed by atoms with Crippen LogP contribution in [0, 0.1) is 0 Å². The van der Waals surface area contributed by atoms with Gasteiger partial charge in [0.1, 0.15) is 5.75 Å². The lowest BCUT2D eigenvalue weighted by Crippen LogP contribution is -2.44. The van der Waals surface area contributed by atoms with Gasteiger partial charge in [0.2, 0.25) is 11.8 Å². The number of fused-ring (bicyclic) bond motifs is 2. The van der Waals surface area contributed by atoms with Gasteiger partial charge in [-0.15, -0.1) is 0 Å². The summed E-state index contributed by atoms with van der Waals surface area (Å²) in [5, 5.41) is 0. The minimum atomic E-state index is -3.39. The minimum Gasteiger partial charge on any atom is -0.366 e. The zero-order chi connectivity index (χ0) is 25.0. The van der Waals surface area contributed by atoms with Crippen LogP contribution in [0.4, 0.5) is 0 Å². The highest BCUT2D eigenvalue weighted by Crippen LogP contribution is 2.43. The summed E-state index contributed by atoms with van der Waals surface area (Å²) < 4.78 is 23.5. The summed E-state index contributed by atoms with van der Waals surface area (Å²) in [5.41, 5.74) is 8.23. The predicted molar refractivity (Wildman–Crippen MR) is 137 cm³/mol. The Hall–Kier alpha value is -2.71. The molecule has 0 spiro atoms. The Labute approximate surface area is 208 Å². The van der Waals surface area contributed by atoms with Crippen LogP contribution in [0.1, 0.15) is 59.5 Å². The molecule has 2 bridgehead atoms. The lowest BCUT2D eigenvalue weighted by molar-refractivity contribution is -0.129. The number of carbonyl (C=O) groups is 2. The fourth-order valence-corrected chi connectivity index (χ4v) is 6.34. The zero-order valence-corrected chi connectivity index (χ0v) is 21.1. The molecule has 4 rings (SSSR count). The van der Waals surface area contributed by atoms with E-state index in [1.54, 1.807) is 11.0 Å². The SMILES string of the molecule is CS(=O)(=O)CC(=O)N(CCCN1C2CCC1CC(c1cccc(C(N)=O)c1)C2)Cc1ccccc1. The molecular weight excluding hydrogens is 462 g/mol. The first-order chi connectivity index (χ1) is 16.7.